The molecule has 37 heavy (non-hydrogen) atoms. The molecule has 0 spiro atoms. The second kappa shape index (κ2) is 9.64. The van der Waals surface area contributed by atoms with Crippen LogP contribution in [0.5, 0.6) is 23.0 Å². The van der Waals surface area contributed by atoms with Crippen LogP contribution in [0.15, 0.2) is 98.1 Å². The molecule has 0 aromatic heterocycles. The maximum absolute atomic E-state index is 5.87. The summed E-state index contributed by atoms with van der Waals surface area (Å²) in [6.07, 6.45) is 0. The highest BCUT2D eigenvalue weighted by atomic mass is 32.2. The molecule has 0 saturated carbocycles. The monoisotopic (exact) mass is 524 g/mol. The van der Waals surface area contributed by atoms with E-state index in [2.05, 4.69) is 30.0 Å². The van der Waals surface area contributed by atoms with Gasteiger partial charge < -0.3 is 18.9 Å². The summed E-state index contributed by atoms with van der Waals surface area (Å²) >= 11 is 3.42. The van der Waals surface area contributed by atoms with Crippen molar-refractivity contribution in [2.24, 2.45) is 0 Å². The summed E-state index contributed by atoms with van der Waals surface area (Å²) in [5, 5.41) is 0. The zero-order valence-electron chi connectivity index (χ0n) is 20.9. The predicted octanol–water partition coefficient (Wildman–Crippen LogP) is 7.81. The highest BCUT2D eigenvalue weighted by molar-refractivity contribution is 7.99. The first kappa shape index (κ1) is 23.7. The quantitative estimate of drug-likeness (QED) is 0.219. The molecule has 4 aromatic rings. The fourth-order valence-electron chi connectivity index (χ4n) is 4.91. The molecule has 2 aliphatic heterocycles. The van der Waals surface area contributed by atoms with Crippen LogP contribution in [0.1, 0.15) is 22.3 Å². The Morgan fingerprint density at radius 3 is 0.946 bits per heavy atom. The molecule has 0 radical (unpaired) electrons. The van der Waals surface area contributed by atoms with Gasteiger partial charge in [0.05, 0.1) is 28.4 Å². The van der Waals surface area contributed by atoms with E-state index in [9.17, 15) is 0 Å². The normalized spacial score (nSPS) is 13.0. The van der Waals surface area contributed by atoms with Crippen molar-refractivity contribution >= 4 is 34.7 Å². The van der Waals surface area contributed by atoms with Crippen molar-refractivity contribution < 1.29 is 18.9 Å². The molecule has 6 rings (SSSR count). The molecule has 0 aliphatic carbocycles. The first-order valence-electron chi connectivity index (χ1n) is 11.7. The van der Waals surface area contributed by atoms with Gasteiger partial charge in [0.15, 0.2) is 0 Å². The fraction of sp³-hybridized carbons (Fsp3) is 0.129. The van der Waals surface area contributed by atoms with Gasteiger partial charge in [-0.15, -0.1) is 5.73 Å². The molecule has 0 N–H and O–H groups in total. The first-order chi connectivity index (χ1) is 18.2. The van der Waals surface area contributed by atoms with Gasteiger partial charge in [0, 0.05) is 53.0 Å². The minimum atomic E-state index is 0.787. The Morgan fingerprint density at radius 2 is 0.703 bits per heavy atom. The van der Waals surface area contributed by atoms with Crippen LogP contribution in [0, 0.1) is 0 Å². The van der Waals surface area contributed by atoms with Gasteiger partial charge in [-0.2, -0.15) is 0 Å². The molecule has 4 aromatic carbocycles. The lowest BCUT2D eigenvalue weighted by atomic mass is 9.91. The molecule has 4 nitrogen and oxygen atoms in total. The van der Waals surface area contributed by atoms with Crippen molar-refractivity contribution in [3.63, 3.8) is 0 Å². The van der Waals surface area contributed by atoms with Crippen molar-refractivity contribution in [1.29, 1.82) is 0 Å². The number of fused-ring (bicyclic) bond motifs is 4. The predicted molar refractivity (Wildman–Crippen MR) is 149 cm³/mol. The van der Waals surface area contributed by atoms with E-state index in [0.717, 1.165) is 76.0 Å². The number of ether oxygens (including phenoxy) is 4. The Kier molecular flexibility index (Phi) is 6.17. The largest absolute Gasteiger partial charge is 0.496 e. The Bertz CT molecular complexity index is 1390. The number of hydrogen-bond acceptors (Lipinski definition) is 6. The molecule has 0 bridgehead atoms. The lowest BCUT2D eigenvalue weighted by Gasteiger charge is -2.26. The van der Waals surface area contributed by atoms with E-state index in [4.69, 9.17) is 18.9 Å². The van der Waals surface area contributed by atoms with E-state index in [0.29, 0.717) is 0 Å². The third-order valence-electron chi connectivity index (χ3n) is 6.52. The molecular formula is C31H24O4S2. The smallest absolute Gasteiger partial charge is 0.128 e. The summed E-state index contributed by atoms with van der Waals surface area (Å²) in [5.41, 5.74) is 9.66. The minimum absolute atomic E-state index is 0.787. The average Bonchev–Trinajstić information content (AvgIpc) is 2.94. The van der Waals surface area contributed by atoms with Crippen LogP contribution in [-0.4, -0.2) is 28.4 Å². The average molecular weight is 525 g/mol. The number of rotatable bonds is 4. The Balaban J connectivity index is 1.83. The highest BCUT2D eigenvalue weighted by Crippen LogP contribution is 2.54. The van der Waals surface area contributed by atoms with Crippen molar-refractivity contribution in [3.05, 3.63) is 101 Å². The van der Waals surface area contributed by atoms with Crippen LogP contribution < -0.4 is 18.9 Å². The van der Waals surface area contributed by atoms with Gasteiger partial charge in [0.2, 0.25) is 0 Å². The number of hydrogen-bond donors (Lipinski definition) is 0. The second-order valence-electron chi connectivity index (χ2n) is 8.41. The van der Waals surface area contributed by atoms with E-state index in [1.807, 2.05) is 48.5 Å². The third-order valence-corrected chi connectivity index (χ3v) is 8.76. The van der Waals surface area contributed by atoms with Crippen LogP contribution in [0.25, 0.3) is 11.1 Å². The molecule has 2 aliphatic rings. The molecule has 0 unspecified atom stereocenters. The molecule has 0 fully saturated rings. The summed E-state index contributed by atoms with van der Waals surface area (Å²) < 4.78 is 23.5. The Labute approximate surface area is 224 Å². The van der Waals surface area contributed by atoms with Crippen molar-refractivity contribution in [2.75, 3.05) is 28.4 Å². The van der Waals surface area contributed by atoms with Gasteiger partial charge in [0.25, 0.3) is 0 Å². The van der Waals surface area contributed by atoms with E-state index in [1.165, 1.54) is 0 Å². The van der Waals surface area contributed by atoms with Gasteiger partial charge in [0.1, 0.15) is 23.0 Å². The number of benzene rings is 4. The van der Waals surface area contributed by atoms with Crippen molar-refractivity contribution in [3.8, 4) is 23.0 Å². The molecule has 0 atom stereocenters. The summed E-state index contributed by atoms with van der Waals surface area (Å²) in [4.78, 5) is 4.42. The Morgan fingerprint density at radius 1 is 0.432 bits per heavy atom. The van der Waals surface area contributed by atoms with Crippen molar-refractivity contribution in [2.45, 2.75) is 19.6 Å². The molecular weight excluding hydrogens is 500 g/mol. The lowest BCUT2D eigenvalue weighted by Crippen LogP contribution is -2.06. The van der Waals surface area contributed by atoms with Gasteiger partial charge in [-0.25, -0.2) is 0 Å². The molecule has 0 amide bonds. The zero-order valence-corrected chi connectivity index (χ0v) is 22.5. The van der Waals surface area contributed by atoms with Gasteiger partial charge in [-0.05, 0) is 48.5 Å². The Hall–Kier alpha value is -3.70. The van der Waals surface area contributed by atoms with Crippen LogP contribution in [0.4, 0.5) is 0 Å². The second-order valence-corrected chi connectivity index (χ2v) is 10.6. The van der Waals surface area contributed by atoms with Crippen LogP contribution >= 0.6 is 23.5 Å². The highest BCUT2D eigenvalue weighted by Gasteiger charge is 2.31. The van der Waals surface area contributed by atoms with E-state index in [-0.39, 0.29) is 0 Å². The number of methoxy groups -OCH3 is 4. The summed E-state index contributed by atoms with van der Waals surface area (Å²) in [6, 6.07) is 24.5. The van der Waals surface area contributed by atoms with Gasteiger partial charge in [-0.1, -0.05) is 47.8 Å². The SMILES string of the molecule is COc1cccc2c1C(=C=C1c3c(OC)cccc3Sc3cccc(OC)c31)c1c(OC)cccc1S2. The minimum Gasteiger partial charge on any atom is -0.496 e. The zero-order chi connectivity index (χ0) is 25.5. The van der Waals surface area contributed by atoms with Crippen LogP contribution in [0.3, 0.4) is 0 Å². The van der Waals surface area contributed by atoms with Gasteiger partial charge >= 0.3 is 0 Å². The van der Waals surface area contributed by atoms with Gasteiger partial charge in [-0.3, -0.25) is 0 Å². The van der Waals surface area contributed by atoms with Crippen molar-refractivity contribution in [1.82, 2.24) is 0 Å². The maximum atomic E-state index is 5.87. The van der Waals surface area contributed by atoms with Crippen LogP contribution in [-0.2, 0) is 0 Å². The summed E-state index contributed by atoms with van der Waals surface area (Å²) in [5.74, 6) is 3.15. The summed E-state index contributed by atoms with van der Waals surface area (Å²) in [6.45, 7) is 0. The standard InChI is InChI=1S/C31H24O4S2/c1-32-20-9-5-13-24-28(20)18(29-21(33-2)10-6-14-25(29)36-24)17-19-30-22(34-3)11-7-15-26(30)37-27-16-8-12-23(35-4)31(19)27/h5-16H,1-4H3. The van der Waals surface area contributed by atoms with Crippen LogP contribution in [0.2, 0.25) is 0 Å². The van der Waals surface area contributed by atoms with E-state index >= 15 is 0 Å². The molecule has 2 heterocycles. The van der Waals surface area contributed by atoms with E-state index in [1.54, 1.807) is 52.0 Å². The fourth-order valence-corrected chi connectivity index (χ4v) is 7.19. The first-order valence-corrected chi connectivity index (χ1v) is 13.4. The maximum Gasteiger partial charge on any atom is 0.128 e. The lowest BCUT2D eigenvalue weighted by molar-refractivity contribution is 0.409. The summed E-state index contributed by atoms with van der Waals surface area (Å²) in [7, 11) is 6.82. The topological polar surface area (TPSA) is 36.9 Å². The molecule has 6 heteroatoms. The molecule has 0 saturated heterocycles. The molecule has 184 valence electrons. The third kappa shape index (κ3) is 3.80. The van der Waals surface area contributed by atoms with E-state index < -0.39 is 0 Å².